The van der Waals surface area contributed by atoms with Crippen LogP contribution in [0.5, 0.6) is 11.5 Å². The Balaban J connectivity index is 1.89. The number of benzene rings is 2. The molecule has 0 fully saturated rings. The number of nitrogens with one attached hydrogen (secondary N) is 1. The summed E-state index contributed by atoms with van der Waals surface area (Å²) < 4.78 is 12.5. The molecular weight excluding hydrogens is 366 g/mol. The molecule has 0 spiro atoms. The lowest BCUT2D eigenvalue weighted by molar-refractivity contribution is 0.414. The average Bonchev–Trinajstić information content (AvgIpc) is 3.23. The molecule has 0 bridgehead atoms. The quantitative estimate of drug-likeness (QED) is 0.503. The normalized spacial score (nSPS) is 11.0. The van der Waals surface area contributed by atoms with Crippen LogP contribution in [-0.4, -0.2) is 47.5 Å². The van der Waals surface area contributed by atoms with E-state index in [-0.39, 0.29) is 6.04 Å². The number of aromatic nitrogens is 4. The van der Waals surface area contributed by atoms with E-state index in [1.54, 1.807) is 14.2 Å². The van der Waals surface area contributed by atoms with Gasteiger partial charge in [-0.3, -0.25) is 0 Å². The summed E-state index contributed by atoms with van der Waals surface area (Å²) in [5, 5.41) is 16.0. The van der Waals surface area contributed by atoms with Gasteiger partial charge in [0.05, 0.1) is 14.2 Å². The van der Waals surface area contributed by atoms with Gasteiger partial charge in [-0.2, -0.15) is 0 Å². The minimum Gasteiger partial charge on any atom is -0.497 e. The number of methoxy groups -OCH3 is 2. The molecule has 7 nitrogen and oxygen atoms in total. The summed E-state index contributed by atoms with van der Waals surface area (Å²) in [5.74, 6) is 2.52. The summed E-state index contributed by atoms with van der Waals surface area (Å²) in [4.78, 5) is 0. The van der Waals surface area contributed by atoms with Gasteiger partial charge in [-0.25, -0.2) is 4.68 Å². The Labute approximate surface area is 172 Å². The van der Waals surface area contributed by atoms with Crippen molar-refractivity contribution in [2.24, 2.45) is 0 Å². The van der Waals surface area contributed by atoms with Gasteiger partial charge in [0, 0.05) is 6.42 Å². The zero-order valence-corrected chi connectivity index (χ0v) is 17.3. The van der Waals surface area contributed by atoms with Gasteiger partial charge in [0.15, 0.2) is 5.82 Å². The van der Waals surface area contributed by atoms with Crippen LogP contribution in [0.4, 0.5) is 0 Å². The summed E-state index contributed by atoms with van der Waals surface area (Å²) in [6.45, 7) is 4.16. The number of rotatable bonds is 11. The standard InChI is InChI=1S/C22H29N5O2/c1-4-15-23-16-5-6-21-24-25-26-27(21)22(17-7-11-19(28-2)12-8-17)18-9-13-20(29-3)14-10-18/h7-14,22-23H,4-6,15-16H2,1-3H3. The summed E-state index contributed by atoms with van der Waals surface area (Å²) in [5.41, 5.74) is 2.18. The van der Waals surface area contributed by atoms with Crippen molar-refractivity contribution in [3.63, 3.8) is 0 Å². The van der Waals surface area contributed by atoms with E-state index in [4.69, 9.17) is 9.47 Å². The van der Waals surface area contributed by atoms with Crippen LogP contribution < -0.4 is 14.8 Å². The Hall–Kier alpha value is -2.93. The molecule has 0 unspecified atom stereocenters. The fourth-order valence-corrected chi connectivity index (χ4v) is 3.30. The zero-order chi connectivity index (χ0) is 20.5. The maximum Gasteiger partial charge on any atom is 0.152 e. The van der Waals surface area contributed by atoms with E-state index >= 15 is 0 Å². The largest absolute Gasteiger partial charge is 0.497 e. The first-order valence-electron chi connectivity index (χ1n) is 10.0. The molecule has 2 aromatic carbocycles. The molecule has 0 aliphatic rings. The lowest BCUT2D eigenvalue weighted by Gasteiger charge is -2.20. The number of tetrazole rings is 1. The Morgan fingerprint density at radius 2 is 1.48 bits per heavy atom. The van der Waals surface area contributed by atoms with Crippen LogP contribution in [0.3, 0.4) is 0 Å². The number of ether oxygens (including phenoxy) is 2. The summed E-state index contributed by atoms with van der Waals surface area (Å²) in [6, 6.07) is 16.0. The minimum atomic E-state index is -0.125. The van der Waals surface area contributed by atoms with Crippen molar-refractivity contribution in [3.8, 4) is 11.5 Å². The molecule has 154 valence electrons. The smallest absolute Gasteiger partial charge is 0.152 e. The summed E-state index contributed by atoms with van der Waals surface area (Å²) >= 11 is 0. The second kappa shape index (κ2) is 10.6. The number of hydrogen-bond donors (Lipinski definition) is 1. The highest BCUT2D eigenvalue weighted by molar-refractivity contribution is 5.38. The van der Waals surface area contributed by atoms with Crippen molar-refractivity contribution in [2.75, 3.05) is 27.3 Å². The molecular formula is C22H29N5O2. The van der Waals surface area contributed by atoms with E-state index in [1.165, 1.54) is 0 Å². The molecule has 0 amide bonds. The number of aryl methyl sites for hydroxylation is 1. The molecule has 7 heteroatoms. The minimum absolute atomic E-state index is 0.125. The molecule has 1 aromatic heterocycles. The van der Waals surface area contributed by atoms with Crippen molar-refractivity contribution in [1.82, 2.24) is 25.5 Å². The second-order valence-corrected chi connectivity index (χ2v) is 6.84. The highest BCUT2D eigenvalue weighted by atomic mass is 16.5. The maximum absolute atomic E-state index is 5.31. The fraction of sp³-hybridized carbons (Fsp3) is 0.409. The summed E-state index contributed by atoms with van der Waals surface area (Å²) in [6.07, 6.45) is 2.93. The number of hydrogen-bond acceptors (Lipinski definition) is 6. The van der Waals surface area contributed by atoms with E-state index in [9.17, 15) is 0 Å². The fourth-order valence-electron chi connectivity index (χ4n) is 3.30. The topological polar surface area (TPSA) is 74.1 Å². The highest BCUT2D eigenvalue weighted by Gasteiger charge is 2.21. The molecule has 1 N–H and O–H groups in total. The highest BCUT2D eigenvalue weighted by Crippen LogP contribution is 2.29. The molecule has 0 saturated heterocycles. The van der Waals surface area contributed by atoms with E-state index in [2.05, 4.69) is 52.0 Å². The second-order valence-electron chi connectivity index (χ2n) is 6.84. The van der Waals surface area contributed by atoms with Crippen molar-refractivity contribution in [1.29, 1.82) is 0 Å². The molecule has 3 aromatic rings. The van der Waals surface area contributed by atoms with E-state index < -0.39 is 0 Å². The Morgan fingerprint density at radius 1 is 0.897 bits per heavy atom. The molecule has 0 radical (unpaired) electrons. The van der Waals surface area contributed by atoms with Crippen LogP contribution in [0.25, 0.3) is 0 Å². The lowest BCUT2D eigenvalue weighted by atomic mass is 9.98. The van der Waals surface area contributed by atoms with Crippen LogP contribution in [0, 0.1) is 0 Å². The molecule has 0 atom stereocenters. The van der Waals surface area contributed by atoms with Crippen LogP contribution in [0.2, 0.25) is 0 Å². The molecule has 0 saturated carbocycles. The molecule has 0 aliphatic heterocycles. The van der Waals surface area contributed by atoms with Crippen LogP contribution in [0.1, 0.15) is 42.8 Å². The van der Waals surface area contributed by atoms with Gasteiger partial charge in [0.1, 0.15) is 17.5 Å². The summed E-state index contributed by atoms with van der Waals surface area (Å²) in [7, 11) is 3.34. The van der Waals surface area contributed by atoms with Gasteiger partial charge in [-0.05, 0) is 71.8 Å². The van der Waals surface area contributed by atoms with Gasteiger partial charge >= 0.3 is 0 Å². The van der Waals surface area contributed by atoms with Crippen LogP contribution in [-0.2, 0) is 6.42 Å². The Bertz CT molecular complexity index is 814. The lowest BCUT2D eigenvalue weighted by Crippen LogP contribution is -2.19. The van der Waals surface area contributed by atoms with Crippen molar-refractivity contribution in [2.45, 2.75) is 32.2 Å². The van der Waals surface area contributed by atoms with Crippen molar-refractivity contribution < 1.29 is 9.47 Å². The van der Waals surface area contributed by atoms with Crippen LogP contribution in [0.15, 0.2) is 48.5 Å². The van der Waals surface area contributed by atoms with Crippen LogP contribution >= 0.6 is 0 Å². The first-order valence-corrected chi connectivity index (χ1v) is 10.0. The molecule has 1 heterocycles. The Morgan fingerprint density at radius 3 is 2.00 bits per heavy atom. The van der Waals surface area contributed by atoms with Crippen molar-refractivity contribution in [3.05, 3.63) is 65.5 Å². The van der Waals surface area contributed by atoms with Gasteiger partial charge in [0.2, 0.25) is 0 Å². The van der Waals surface area contributed by atoms with Gasteiger partial charge in [-0.1, -0.05) is 31.2 Å². The van der Waals surface area contributed by atoms with Gasteiger partial charge < -0.3 is 14.8 Å². The first kappa shape index (κ1) is 20.8. The third-order valence-corrected chi connectivity index (χ3v) is 4.85. The van der Waals surface area contributed by atoms with Crippen molar-refractivity contribution >= 4 is 0 Å². The van der Waals surface area contributed by atoms with E-state index in [0.717, 1.165) is 60.8 Å². The third kappa shape index (κ3) is 5.32. The zero-order valence-electron chi connectivity index (χ0n) is 17.3. The molecule has 29 heavy (non-hydrogen) atoms. The molecule has 0 aliphatic carbocycles. The molecule has 3 rings (SSSR count). The number of nitrogens with zero attached hydrogens (tertiary/aromatic N) is 4. The van der Waals surface area contributed by atoms with E-state index in [0.29, 0.717) is 0 Å². The SMILES string of the molecule is CCCNCCCc1nnnn1C(c1ccc(OC)cc1)c1ccc(OC)cc1. The maximum atomic E-state index is 5.31. The van der Waals surface area contributed by atoms with E-state index in [1.807, 2.05) is 28.9 Å². The average molecular weight is 396 g/mol. The monoisotopic (exact) mass is 395 g/mol. The van der Waals surface area contributed by atoms with Gasteiger partial charge in [-0.15, -0.1) is 5.10 Å². The third-order valence-electron chi connectivity index (χ3n) is 4.85. The predicted octanol–water partition coefficient (Wildman–Crippen LogP) is 3.26. The van der Waals surface area contributed by atoms with Gasteiger partial charge in [0.25, 0.3) is 0 Å². The Kier molecular flexibility index (Phi) is 7.58. The predicted molar refractivity (Wildman–Crippen MR) is 113 cm³/mol. The first-order chi connectivity index (χ1) is 14.3.